The van der Waals surface area contributed by atoms with Gasteiger partial charge in [-0.25, -0.2) is 8.42 Å². The Morgan fingerprint density at radius 1 is 1.00 bits per heavy atom. The van der Waals surface area contributed by atoms with Crippen LogP contribution in [0.3, 0.4) is 0 Å². The summed E-state index contributed by atoms with van der Waals surface area (Å²) in [6, 6.07) is 15.0. The highest BCUT2D eigenvalue weighted by Gasteiger charge is 2.58. The van der Waals surface area contributed by atoms with E-state index in [-0.39, 0.29) is 18.4 Å². The van der Waals surface area contributed by atoms with Crippen molar-refractivity contribution in [2.24, 2.45) is 5.92 Å². The van der Waals surface area contributed by atoms with Gasteiger partial charge in [-0.2, -0.15) is 0 Å². The largest absolute Gasteiger partial charge is 0.396 e. The molecule has 1 aliphatic carbocycles. The average molecular weight is 330 g/mol. The molecule has 2 aromatic carbocycles. The monoisotopic (exact) mass is 330 g/mol. The molecule has 0 saturated heterocycles. The van der Waals surface area contributed by atoms with Crippen LogP contribution in [-0.4, -0.2) is 25.4 Å². The van der Waals surface area contributed by atoms with Crippen LogP contribution in [0.2, 0.25) is 0 Å². The molecule has 0 heterocycles. The molecule has 4 heteroatoms. The number of aliphatic hydroxyl groups excluding tert-OH is 1. The van der Waals surface area contributed by atoms with Crippen molar-refractivity contribution in [3.63, 3.8) is 0 Å². The smallest absolute Gasteiger partial charge is 0.182 e. The number of sulfone groups is 1. The molecule has 3 rings (SSSR count). The van der Waals surface area contributed by atoms with Crippen molar-refractivity contribution in [2.75, 3.05) is 6.61 Å². The Balaban J connectivity index is 1.90. The SMILES string of the molecule is CCc1ccc([C@H]2[C@H](CO)[C@@H]2S(=O)(=O)c2ccc(C)cc2)cc1. The lowest BCUT2D eigenvalue weighted by Gasteiger charge is -2.05. The molecule has 1 fully saturated rings. The molecule has 0 amide bonds. The molecular weight excluding hydrogens is 308 g/mol. The molecule has 1 N–H and O–H groups in total. The number of aliphatic hydroxyl groups is 1. The standard InChI is InChI=1S/C19H22O3S/c1-3-14-6-8-15(9-7-14)18-17(12-20)19(18)23(21,22)16-10-4-13(2)5-11-16/h4-11,17-20H,3,12H2,1-2H3/t17-,18-,19-/m0/s1. The molecule has 0 unspecified atom stereocenters. The van der Waals surface area contributed by atoms with Gasteiger partial charge in [0.1, 0.15) is 0 Å². The van der Waals surface area contributed by atoms with Crippen LogP contribution in [0.15, 0.2) is 53.4 Å². The van der Waals surface area contributed by atoms with E-state index in [2.05, 4.69) is 6.92 Å². The highest BCUT2D eigenvalue weighted by Crippen LogP contribution is 2.53. The van der Waals surface area contributed by atoms with Crippen molar-refractivity contribution in [3.05, 3.63) is 65.2 Å². The predicted molar refractivity (Wildman–Crippen MR) is 91.3 cm³/mol. The van der Waals surface area contributed by atoms with Crippen LogP contribution >= 0.6 is 0 Å². The molecule has 0 radical (unpaired) electrons. The van der Waals surface area contributed by atoms with Crippen LogP contribution in [0.1, 0.15) is 29.5 Å². The molecule has 0 aliphatic heterocycles. The van der Waals surface area contributed by atoms with Gasteiger partial charge in [0.15, 0.2) is 9.84 Å². The summed E-state index contributed by atoms with van der Waals surface area (Å²) in [6.07, 6.45) is 0.958. The Labute approximate surface area is 137 Å². The first-order valence-corrected chi connectivity index (χ1v) is 9.54. The van der Waals surface area contributed by atoms with Crippen LogP contribution in [0.4, 0.5) is 0 Å². The third-order valence-corrected chi connectivity index (χ3v) is 7.08. The zero-order valence-corrected chi connectivity index (χ0v) is 14.3. The third kappa shape index (κ3) is 2.93. The molecule has 2 aromatic rings. The van der Waals surface area contributed by atoms with Crippen molar-refractivity contribution in [1.82, 2.24) is 0 Å². The normalized spacial score (nSPS) is 23.7. The summed E-state index contributed by atoms with van der Waals surface area (Å²) >= 11 is 0. The van der Waals surface area contributed by atoms with Crippen molar-refractivity contribution in [3.8, 4) is 0 Å². The lowest BCUT2D eigenvalue weighted by atomic mass is 10.1. The van der Waals surface area contributed by atoms with E-state index in [1.54, 1.807) is 12.1 Å². The molecule has 122 valence electrons. The fraction of sp³-hybridized carbons (Fsp3) is 0.368. The van der Waals surface area contributed by atoms with E-state index >= 15 is 0 Å². The Bertz CT molecular complexity index is 776. The average Bonchev–Trinajstić information content (AvgIpc) is 3.31. The van der Waals surface area contributed by atoms with E-state index in [0.29, 0.717) is 4.90 Å². The van der Waals surface area contributed by atoms with Gasteiger partial charge in [0.2, 0.25) is 0 Å². The van der Waals surface area contributed by atoms with E-state index in [4.69, 9.17) is 0 Å². The predicted octanol–water partition coefficient (Wildman–Crippen LogP) is 3.11. The quantitative estimate of drug-likeness (QED) is 0.916. The first-order chi connectivity index (χ1) is 11.0. The summed E-state index contributed by atoms with van der Waals surface area (Å²) in [5.41, 5.74) is 3.26. The minimum Gasteiger partial charge on any atom is -0.396 e. The van der Waals surface area contributed by atoms with Gasteiger partial charge in [-0.3, -0.25) is 0 Å². The zero-order valence-electron chi connectivity index (χ0n) is 13.4. The van der Waals surface area contributed by atoms with Gasteiger partial charge >= 0.3 is 0 Å². The molecule has 0 spiro atoms. The van der Waals surface area contributed by atoms with Crippen molar-refractivity contribution in [1.29, 1.82) is 0 Å². The maximum absolute atomic E-state index is 12.9. The van der Waals surface area contributed by atoms with E-state index in [1.165, 1.54) is 5.56 Å². The lowest BCUT2D eigenvalue weighted by Crippen LogP contribution is -2.11. The van der Waals surface area contributed by atoms with Gasteiger partial charge < -0.3 is 5.11 Å². The fourth-order valence-electron chi connectivity index (χ4n) is 3.28. The van der Waals surface area contributed by atoms with Crippen molar-refractivity contribution in [2.45, 2.75) is 36.3 Å². The first kappa shape index (κ1) is 16.2. The molecule has 0 bridgehead atoms. The summed E-state index contributed by atoms with van der Waals surface area (Å²) in [4.78, 5) is 0.347. The summed E-state index contributed by atoms with van der Waals surface area (Å²) < 4.78 is 25.7. The lowest BCUT2D eigenvalue weighted by molar-refractivity contribution is 0.274. The highest BCUT2D eigenvalue weighted by molar-refractivity contribution is 7.92. The summed E-state index contributed by atoms with van der Waals surface area (Å²) in [7, 11) is -3.42. The number of rotatable bonds is 5. The van der Waals surface area contributed by atoms with Gasteiger partial charge in [0, 0.05) is 18.4 Å². The molecular formula is C19H22O3S. The van der Waals surface area contributed by atoms with Crippen LogP contribution in [0.5, 0.6) is 0 Å². The van der Waals surface area contributed by atoms with Gasteiger partial charge in [0.25, 0.3) is 0 Å². The zero-order chi connectivity index (χ0) is 16.6. The van der Waals surface area contributed by atoms with Crippen LogP contribution in [0.25, 0.3) is 0 Å². The Morgan fingerprint density at radius 2 is 1.61 bits per heavy atom. The Kier molecular flexibility index (Phi) is 4.30. The summed E-state index contributed by atoms with van der Waals surface area (Å²) in [5.74, 6) is -0.328. The second-order valence-corrected chi connectivity index (χ2v) is 8.40. The van der Waals surface area contributed by atoms with Gasteiger partial charge in [0.05, 0.1) is 10.1 Å². The maximum Gasteiger partial charge on any atom is 0.182 e. The summed E-state index contributed by atoms with van der Waals surface area (Å²) in [6.45, 7) is 3.92. The van der Waals surface area contributed by atoms with E-state index in [1.807, 2.05) is 43.3 Å². The topological polar surface area (TPSA) is 54.4 Å². The van der Waals surface area contributed by atoms with Crippen LogP contribution in [-0.2, 0) is 16.3 Å². The maximum atomic E-state index is 12.9. The van der Waals surface area contributed by atoms with E-state index in [0.717, 1.165) is 17.5 Å². The molecule has 3 nitrogen and oxygen atoms in total. The molecule has 0 aromatic heterocycles. The molecule has 3 atom stereocenters. The van der Waals surface area contributed by atoms with Gasteiger partial charge in [-0.05, 0) is 36.6 Å². The Hall–Kier alpha value is -1.65. The second kappa shape index (κ2) is 6.10. The number of hydrogen-bond donors (Lipinski definition) is 1. The second-order valence-electron chi connectivity index (χ2n) is 6.29. The molecule has 1 aliphatic rings. The van der Waals surface area contributed by atoms with Crippen molar-refractivity contribution >= 4 is 9.84 Å². The van der Waals surface area contributed by atoms with Crippen LogP contribution < -0.4 is 0 Å². The van der Waals surface area contributed by atoms with Gasteiger partial charge in [-0.1, -0.05) is 48.9 Å². The minimum atomic E-state index is -3.42. The Morgan fingerprint density at radius 3 is 2.13 bits per heavy atom. The fourth-order valence-corrected chi connectivity index (χ4v) is 5.48. The number of aryl methyl sites for hydroxylation is 2. The van der Waals surface area contributed by atoms with E-state index in [9.17, 15) is 13.5 Å². The third-order valence-electron chi connectivity index (χ3n) is 4.79. The summed E-state index contributed by atoms with van der Waals surface area (Å²) in [5, 5.41) is 9.07. The molecule has 23 heavy (non-hydrogen) atoms. The number of benzene rings is 2. The molecule has 1 saturated carbocycles. The highest BCUT2D eigenvalue weighted by atomic mass is 32.2. The number of hydrogen-bond acceptors (Lipinski definition) is 3. The first-order valence-electron chi connectivity index (χ1n) is 7.99. The minimum absolute atomic E-state index is 0.101. The van der Waals surface area contributed by atoms with E-state index < -0.39 is 15.1 Å². The van der Waals surface area contributed by atoms with Crippen molar-refractivity contribution < 1.29 is 13.5 Å². The van der Waals surface area contributed by atoms with Crippen LogP contribution in [0, 0.1) is 12.8 Å². The van der Waals surface area contributed by atoms with Gasteiger partial charge in [-0.15, -0.1) is 0 Å².